The summed E-state index contributed by atoms with van der Waals surface area (Å²) in [4.78, 5) is 10.6. The molecule has 0 aliphatic rings. The van der Waals surface area contributed by atoms with Crippen LogP contribution >= 0.6 is 0 Å². The van der Waals surface area contributed by atoms with E-state index in [1.54, 1.807) is 0 Å². The molecule has 1 unspecified atom stereocenters. The molecule has 0 fully saturated rings. The Balaban J connectivity index is 2.69. The first-order valence-electron chi connectivity index (χ1n) is 5.39. The van der Waals surface area contributed by atoms with Crippen molar-refractivity contribution in [1.29, 1.82) is 0 Å². The fourth-order valence-corrected chi connectivity index (χ4v) is 1.41. The molecule has 1 atom stereocenters. The molecule has 104 valence electrons. The summed E-state index contributed by atoms with van der Waals surface area (Å²) in [6.45, 7) is 0.137. The second kappa shape index (κ2) is 6.66. The molecule has 0 aromatic heterocycles. The van der Waals surface area contributed by atoms with Crippen molar-refractivity contribution >= 4 is 11.7 Å². The van der Waals surface area contributed by atoms with Crippen molar-refractivity contribution < 1.29 is 19.5 Å². The number of hydrogen-bond acceptors (Lipinski definition) is 5. The van der Waals surface area contributed by atoms with Gasteiger partial charge in [-0.25, -0.2) is 4.39 Å². The van der Waals surface area contributed by atoms with Crippen LogP contribution in [0, 0.1) is 5.82 Å². The van der Waals surface area contributed by atoms with Gasteiger partial charge in [-0.15, -0.1) is 0 Å². The summed E-state index contributed by atoms with van der Waals surface area (Å²) >= 11 is 0. The second-order valence-corrected chi connectivity index (χ2v) is 3.88. The fourth-order valence-electron chi connectivity index (χ4n) is 1.41. The van der Waals surface area contributed by atoms with Crippen LogP contribution in [-0.4, -0.2) is 34.7 Å². The molecule has 0 radical (unpaired) electrons. The van der Waals surface area contributed by atoms with Crippen LogP contribution in [0.15, 0.2) is 23.4 Å². The lowest BCUT2D eigenvalue weighted by atomic mass is 10.1. The number of nitrogens with zero attached hydrogens (tertiary/aromatic N) is 1. The molecular weight excluding hydrogens is 255 g/mol. The van der Waals surface area contributed by atoms with E-state index in [2.05, 4.69) is 10.5 Å². The first kappa shape index (κ1) is 14.9. The van der Waals surface area contributed by atoms with Gasteiger partial charge >= 0.3 is 0 Å². The van der Waals surface area contributed by atoms with Crippen LogP contribution in [0.5, 0.6) is 0 Å². The number of carbonyl (C=O) groups is 1. The van der Waals surface area contributed by atoms with Crippen molar-refractivity contribution in [1.82, 2.24) is 5.32 Å². The molecule has 1 aromatic carbocycles. The molecule has 1 rings (SSSR count). The zero-order valence-corrected chi connectivity index (χ0v) is 10.0. The van der Waals surface area contributed by atoms with Crippen LogP contribution in [-0.2, 0) is 11.3 Å². The van der Waals surface area contributed by atoms with Crippen LogP contribution in [0.2, 0.25) is 0 Å². The van der Waals surface area contributed by atoms with Gasteiger partial charge in [0.2, 0.25) is 5.91 Å². The summed E-state index contributed by atoms with van der Waals surface area (Å²) in [5.41, 5.74) is 11.0. The quantitative estimate of drug-likeness (QED) is 0.193. The standard InChI is InChI=1S/C11H15FN4O3/c12-8-2-6(1-7(3-8)10(13)16-19)4-15-5-9(17)11(14)18/h1-3,9,15,17,19H,4-5H2,(H2,13,16)(H2,14,18). The number of amidine groups is 1. The van der Waals surface area contributed by atoms with E-state index >= 15 is 0 Å². The second-order valence-electron chi connectivity index (χ2n) is 3.88. The van der Waals surface area contributed by atoms with Gasteiger partial charge in [-0.3, -0.25) is 4.79 Å². The van der Waals surface area contributed by atoms with Crippen molar-refractivity contribution in [3.63, 3.8) is 0 Å². The number of benzene rings is 1. The Bertz CT molecular complexity index is 493. The molecule has 0 heterocycles. The summed E-state index contributed by atoms with van der Waals surface area (Å²) in [5, 5.41) is 23.2. The minimum Gasteiger partial charge on any atom is -0.409 e. The number of nitrogens with two attached hydrogens (primary N) is 2. The summed E-state index contributed by atoms with van der Waals surface area (Å²) in [7, 11) is 0. The number of rotatable bonds is 6. The van der Waals surface area contributed by atoms with Crippen molar-refractivity contribution in [2.45, 2.75) is 12.6 Å². The minimum atomic E-state index is -1.31. The molecular formula is C11H15FN4O3. The molecule has 0 saturated carbocycles. The number of aliphatic hydroxyl groups is 1. The van der Waals surface area contributed by atoms with Crippen LogP contribution in [0.3, 0.4) is 0 Å². The highest BCUT2D eigenvalue weighted by atomic mass is 19.1. The van der Waals surface area contributed by atoms with Crippen molar-refractivity contribution in [2.24, 2.45) is 16.6 Å². The van der Waals surface area contributed by atoms with Crippen molar-refractivity contribution in [2.75, 3.05) is 6.54 Å². The van der Waals surface area contributed by atoms with E-state index in [0.29, 0.717) is 5.56 Å². The Hall–Kier alpha value is -2.19. The van der Waals surface area contributed by atoms with E-state index in [1.165, 1.54) is 12.1 Å². The number of halogens is 1. The van der Waals surface area contributed by atoms with Gasteiger partial charge in [-0.05, 0) is 23.8 Å². The maximum atomic E-state index is 13.3. The van der Waals surface area contributed by atoms with Crippen LogP contribution < -0.4 is 16.8 Å². The molecule has 7 nitrogen and oxygen atoms in total. The largest absolute Gasteiger partial charge is 0.409 e. The average molecular weight is 270 g/mol. The fraction of sp³-hybridized carbons (Fsp3) is 0.273. The zero-order valence-electron chi connectivity index (χ0n) is 10.0. The first-order chi connectivity index (χ1) is 8.93. The van der Waals surface area contributed by atoms with Crippen LogP contribution in [0.25, 0.3) is 0 Å². The Labute approximate surface area is 108 Å². The zero-order chi connectivity index (χ0) is 14.4. The van der Waals surface area contributed by atoms with E-state index < -0.39 is 17.8 Å². The van der Waals surface area contributed by atoms with Gasteiger partial charge in [0, 0.05) is 18.7 Å². The first-order valence-corrected chi connectivity index (χ1v) is 5.39. The number of carbonyl (C=O) groups excluding carboxylic acids is 1. The van der Waals surface area contributed by atoms with E-state index in [1.807, 2.05) is 0 Å². The topological polar surface area (TPSA) is 134 Å². The molecule has 1 amide bonds. The highest BCUT2D eigenvalue weighted by molar-refractivity contribution is 5.97. The van der Waals surface area contributed by atoms with E-state index in [0.717, 1.165) is 6.07 Å². The van der Waals surface area contributed by atoms with Gasteiger partial charge in [0.15, 0.2) is 5.84 Å². The Morgan fingerprint density at radius 1 is 1.42 bits per heavy atom. The molecule has 0 aliphatic carbocycles. The summed E-state index contributed by atoms with van der Waals surface area (Å²) in [6, 6.07) is 3.89. The Kier molecular flexibility index (Phi) is 5.22. The number of aliphatic hydroxyl groups excluding tert-OH is 1. The number of amides is 1. The monoisotopic (exact) mass is 270 g/mol. The third-order valence-corrected chi connectivity index (χ3v) is 2.36. The SMILES string of the molecule is NC(=O)C(O)CNCc1cc(F)cc(/C(N)=N/O)c1. The van der Waals surface area contributed by atoms with Crippen molar-refractivity contribution in [3.05, 3.63) is 35.1 Å². The number of nitrogens with one attached hydrogen (secondary N) is 1. The molecule has 19 heavy (non-hydrogen) atoms. The predicted molar refractivity (Wildman–Crippen MR) is 65.8 cm³/mol. The number of hydrogen-bond donors (Lipinski definition) is 5. The van der Waals surface area contributed by atoms with Crippen LogP contribution in [0.1, 0.15) is 11.1 Å². The average Bonchev–Trinajstić information content (AvgIpc) is 2.36. The predicted octanol–water partition coefficient (Wildman–Crippen LogP) is -1.14. The normalized spacial score (nSPS) is 13.3. The molecule has 1 aromatic rings. The van der Waals surface area contributed by atoms with E-state index in [4.69, 9.17) is 21.8 Å². The van der Waals surface area contributed by atoms with Gasteiger partial charge in [-0.2, -0.15) is 0 Å². The summed E-state index contributed by atoms with van der Waals surface area (Å²) < 4.78 is 13.3. The van der Waals surface area contributed by atoms with Gasteiger partial charge in [0.25, 0.3) is 0 Å². The smallest absolute Gasteiger partial charge is 0.247 e. The highest BCUT2D eigenvalue weighted by Crippen LogP contribution is 2.09. The van der Waals surface area contributed by atoms with Crippen LogP contribution in [0.4, 0.5) is 4.39 Å². The van der Waals surface area contributed by atoms with Gasteiger partial charge < -0.3 is 27.1 Å². The summed E-state index contributed by atoms with van der Waals surface area (Å²) in [6.07, 6.45) is -1.31. The molecule has 7 N–H and O–H groups in total. The number of oxime groups is 1. The molecule has 0 saturated heterocycles. The minimum absolute atomic E-state index is 0.0508. The molecule has 0 bridgehead atoms. The molecule has 0 spiro atoms. The lowest BCUT2D eigenvalue weighted by Gasteiger charge is -2.09. The van der Waals surface area contributed by atoms with E-state index in [-0.39, 0.29) is 24.5 Å². The third-order valence-electron chi connectivity index (χ3n) is 2.36. The van der Waals surface area contributed by atoms with Gasteiger partial charge in [0.05, 0.1) is 0 Å². The molecule has 0 aliphatic heterocycles. The maximum Gasteiger partial charge on any atom is 0.247 e. The summed E-state index contributed by atoms with van der Waals surface area (Å²) in [5.74, 6) is -1.60. The Morgan fingerprint density at radius 2 is 2.11 bits per heavy atom. The third kappa shape index (κ3) is 4.53. The van der Waals surface area contributed by atoms with Gasteiger partial charge in [0.1, 0.15) is 11.9 Å². The molecule has 8 heteroatoms. The lowest BCUT2D eigenvalue weighted by Crippen LogP contribution is -2.37. The van der Waals surface area contributed by atoms with E-state index in [9.17, 15) is 9.18 Å². The number of primary amides is 1. The van der Waals surface area contributed by atoms with Crippen molar-refractivity contribution in [3.8, 4) is 0 Å². The Morgan fingerprint density at radius 3 is 2.68 bits per heavy atom. The van der Waals surface area contributed by atoms with Gasteiger partial charge in [-0.1, -0.05) is 5.16 Å². The lowest BCUT2D eigenvalue weighted by molar-refractivity contribution is -0.125. The highest BCUT2D eigenvalue weighted by Gasteiger charge is 2.10. The maximum absolute atomic E-state index is 13.3.